The molecule has 26 heavy (non-hydrogen) atoms. The molecule has 0 saturated heterocycles. The van der Waals surface area contributed by atoms with E-state index in [-0.39, 0.29) is 38.0 Å². The molecule has 0 aromatic heterocycles. The van der Waals surface area contributed by atoms with Crippen LogP contribution in [0.25, 0.3) is 0 Å². The molecule has 0 aromatic rings. The summed E-state index contributed by atoms with van der Waals surface area (Å²) >= 11 is 0. The molecule has 2 rings (SSSR count). The quantitative estimate of drug-likeness (QED) is 0.324. The number of carboxylic acid groups (broad SMARTS) is 4. The Morgan fingerprint density at radius 1 is 0.769 bits per heavy atom. The van der Waals surface area contributed by atoms with Crippen molar-refractivity contribution in [2.45, 2.75) is 12.8 Å². The maximum atomic E-state index is 10.4. The summed E-state index contributed by atoms with van der Waals surface area (Å²) in [6.45, 7) is 8.69. The minimum Gasteiger partial charge on any atom is -0.550 e. The monoisotopic (exact) mass is 440 g/mol. The number of carbonyl (C=O) groups is 4. The van der Waals surface area contributed by atoms with Gasteiger partial charge >= 0.3 is 26.2 Å². The van der Waals surface area contributed by atoms with Crippen molar-refractivity contribution in [2.24, 2.45) is 17.8 Å². The SMILES string of the molecule is C=CC(=O)[O-].C=CC(=O)[O-].C=CC(=O)[O-].O=C([O-])C1CC2C=CC1C2.[Zr+4]. The Balaban J connectivity index is -0.000000290. The average Bonchev–Trinajstić information content (AvgIpc) is 3.19. The van der Waals surface area contributed by atoms with Crippen LogP contribution in [0.5, 0.6) is 0 Å². The molecule has 3 unspecified atom stereocenters. The van der Waals surface area contributed by atoms with Crippen LogP contribution in [0.15, 0.2) is 50.1 Å². The van der Waals surface area contributed by atoms with Gasteiger partial charge in [0.2, 0.25) is 0 Å². The second kappa shape index (κ2) is 16.2. The minimum atomic E-state index is -1.23. The van der Waals surface area contributed by atoms with E-state index in [1.165, 1.54) is 0 Å². The zero-order valence-electron chi connectivity index (χ0n) is 13.9. The van der Waals surface area contributed by atoms with Crippen LogP contribution in [-0.4, -0.2) is 23.9 Å². The van der Waals surface area contributed by atoms with Gasteiger partial charge in [0, 0.05) is 11.9 Å². The van der Waals surface area contributed by atoms with Crippen molar-refractivity contribution in [3.8, 4) is 0 Å². The molecule has 0 heterocycles. The number of carbonyl (C=O) groups excluding carboxylic acids is 4. The third-order valence-corrected chi connectivity index (χ3v) is 3.08. The van der Waals surface area contributed by atoms with Gasteiger partial charge in [0.05, 0.1) is 17.9 Å². The van der Waals surface area contributed by atoms with E-state index >= 15 is 0 Å². The van der Waals surface area contributed by atoms with Gasteiger partial charge in [-0.2, -0.15) is 0 Å². The number of fused-ring (bicyclic) bond motifs is 2. The second-order valence-electron chi connectivity index (χ2n) is 4.78. The van der Waals surface area contributed by atoms with Crippen molar-refractivity contribution < 1.29 is 65.8 Å². The molecule has 0 N–H and O–H groups in total. The van der Waals surface area contributed by atoms with Crippen LogP contribution in [0.3, 0.4) is 0 Å². The smallest absolute Gasteiger partial charge is 0.550 e. The molecular formula is C17H18O8Zr. The fraction of sp³-hybridized carbons (Fsp3) is 0.294. The predicted molar refractivity (Wildman–Crippen MR) is 79.5 cm³/mol. The topological polar surface area (TPSA) is 161 Å². The Kier molecular flexibility index (Phi) is 17.8. The van der Waals surface area contributed by atoms with E-state index in [0.29, 0.717) is 5.92 Å². The first-order valence-corrected chi connectivity index (χ1v) is 6.98. The molecule has 0 spiro atoms. The van der Waals surface area contributed by atoms with Crippen LogP contribution >= 0.6 is 0 Å². The Bertz CT molecular complexity index is 510. The van der Waals surface area contributed by atoms with E-state index in [1.807, 2.05) is 6.08 Å². The normalized spacial score (nSPS) is 20.1. The largest absolute Gasteiger partial charge is 4.00 e. The minimum absolute atomic E-state index is 0. The Morgan fingerprint density at radius 3 is 1.23 bits per heavy atom. The van der Waals surface area contributed by atoms with Crippen LogP contribution in [0.2, 0.25) is 0 Å². The van der Waals surface area contributed by atoms with Crippen molar-refractivity contribution in [1.29, 1.82) is 0 Å². The van der Waals surface area contributed by atoms with Crippen molar-refractivity contribution >= 4 is 23.9 Å². The van der Waals surface area contributed by atoms with Gasteiger partial charge in [-0.3, -0.25) is 0 Å². The first kappa shape index (κ1) is 28.5. The first-order valence-electron chi connectivity index (χ1n) is 6.98. The summed E-state index contributed by atoms with van der Waals surface area (Å²) in [6, 6.07) is 0. The predicted octanol–water partition coefficient (Wildman–Crippen LogP) is -3.29. The van der Waals surface area contributed by atoms with E-state index in [0.717, 1.165) is 31.1 Å². The van der Waals surface area contributed by atoms with Crippen LogP contribution in [0, 0.1) is 17.8 Å². The Labute approximate surface area is 170 Å². The van der Waals surface area contributed by atoms with Gasteiger partial charge in [-0.15, -0.1) is 0 Å². The van der Waals surface area contributed by atoms with Gasteiger partial charge in [0.25, 0.3) is 0 Å². The number of rotatable bonds is 4. The molecule has 9 heteroatoms. The van der Waals surface area contributed by atoms with Crippen LogP contribution < -0.4 is 20.4 Å². The van der Waals surface area contributed by atoms with Gasteiger partial charge in [0.15, 0.2) is 0 Å². The molecule has 138 valence electrons. The summed E-state index contributed by atoms with van der Waals surface area (Å²) < 4.78 is 0. The molecule has 1 saturated carbocycles. The van der Waals surface area contributed by atoms with Crippen molar-refractivity contribution in [2.75, 3.05) is 0 Å². The second-order valence-corrected chi connectivity index (χ2v) is 4.78. The summed E-state index contributed by atoms with van der Waals surface area (Å²) in [5, 5.41) is 37.9. The van der Waals surface area contributed by atoms with E-state index in [9.17, 15) is 9.90 Å². The van der Waals surface area contributed by atoms with E-state index < -0.39 is 23.9 Å². The number of hydrogen-bond donors (Lipinski definition) is 0. The molecule has 1 fully saturated rings. The van der Waals surface area contributed by atoms with E-state index in [2.05, 4.69) is 25.8 Å². The van der Waals surface area contributed by atoms with E-state index in [1.54, 1.807) is 0 Å². The molecule has 3 atom stereocenters. The van der Waals surface area contributed by atoms with Gasteiger partial charge < -0.3 is 39.6 Å². The molecule has 8 nitrogen and oxygen atoms in total. The van der Waals surface area contributed by atoms with Crippen LogP contribution in [0.4, 0.5) is 0 Å². The third-order valence-electron chi connectivity index (χ3n) is 3.08. The molecule has 2 aliphatic rings. The molecule has 0 aromatic carbocycles. The number of carboxylic acids is 4. The van der Waals surface area contributed by atoms with Gasteiger partial charge in [0.1, 0.15) is 0 Å². The van der Waals surface area contributed by atoms with Crippen LogP contribution in [-0.2, 0) is 45.4 Å². The molecule has 0 amide bonds. The van der Waals surface area contributed by atoms with Crippen molar-refractivity contribution in [1.82, 2.24) is 0 Å². The first-order chi connectivity index (χ1) is 11.6. The summed E-state index contributed by atoms with van der Waals surface area (Å²) in [5.41, 5.74) is 0. The molecular weight excluding hydrogens is 423 g/mol. The maximum absolute atomic E-state index is 10.4. The Morgan fingerprint density at radius 2 is 1.12 bits per heavy atom. The van der Waals surface area contributed by atoms with Gasteiger partial charge in [-0.05, 0) is 42.9 Å². The van der Waals surface area contributed by atoms with Gasteiger partial charge in [-0.1, -0.05) is 31.9 Å². The number of aliphatic carboxylic acids is 4. The summed E-state index contributed by atoms with van der Waals surface area (Å²) in [7, 11) is 0. The molecule has 0 aliphatic heterocycles. The maximum Gasteiger partial charge on any atom is 4.00 e. The number of hydrogen-bond acceptors (Lipinski definition) is 8. The zero-order chi connectivity index (χ0) is 20.0. The fourth-order valence-corrected chi connectivity index (χ4v) is 2.05. The molecule has 2 bridgehead atoms. The Hall–Kier alpha value is -2.28. The van der Waals surface area contributed by atoms with E-state index in [4.69, 9.17) is 29.7 Å². The fourth-order valence-electron chi connectivity index (χ4n) is 2.05. The third kappa shape index (κ3) is 15.3. The zero-order valence-corrected chi connectivity index (χ0v) is 16.4. The van der Waals surface area contributed by atoms with Crippen molar-refractivity contribution in [3.63, 3.8) is 0 Å². The van der Waals surface area contributed by atoms with Crippen LogP contribution in [0.1, 0.15) is 12.8 Å². The van der Waals surface area contributed by atoms with Crippen molar-refractivity contribution in [3.05, 3.63) is 50.1 Å². The standard InChI is InChI=1S/C8H10O2.3C3H4O2.Zr/c9-8(10)7-4-5-1-2-6(7)3-5;3*1-2-3(4)5;/h1-2,5-7H,3-4H2,(H,9,10);3*2H,1H2,(H,4,5);/q;;;;+4/p-4. The summed E-state index contributed by atoms with van der Waals surface area (Å²) in [4.78, 5) is 37.9. The molecule has 2 aliphatic carbocycles. The summed E-state index contributed by atoms with van der Waals surface area (Å²) in [6.07, 6.45) is 8.17. The van der Waals surface area contributed by atoms with Gasteiger partial charge in [-0.25, -0.2) is 0 Å². The molecule has 0 radical (unpaired) electrons. The number of allylic oxidation sites excluding steroid dienone is 2. The summed E-state index contributed by atoms with van der Waals surface area (Å²) in [5.74, 6) is -3.92. The average molecular weight is 442 g/mol.